The van der Waals surface area contributed by atoms with Crippen molar-refractivity contribution in [2.75, 3.05) is 6.61 Å². The Balaban J connectivity index is 1.77. The van der Waals surface area contributed by atoms with Gasteiger partial charge in [-0.05, 0) is 11.6 Å². The van der Waals surface area contributed by atoms with E-state index in [1.807, 2.05) is 42.5 Å². The molecule has 2 rings (SSSR count). The molecule has 0 saturated carbocycles. The van der Waals surface area contributed by atoms with E-state index in [2.05, 4.69) is 17.1 Å². The Morgan fingerprint density at radius 1 is 1.11 bits per heavy atom. The predicted molar refractivity (Wildman–Crippen MR) is 74.4 cm³/mol. The molecule has 0 spiro atoms. The third kappa shape index (κ3) is 3.99. The SMILES string of the molecule is Clc1ncccc1COCC=Cc1ccccc1. The van der Waals surface area contributed by atoms with E-state index < -0.39 is 0 Å². The fourth-order valence-electron chi connectivity index (χ4n) is 1.51. The smallest absolute Gasteiger partial charge is 0.134 e. The van der Waals surface area contributed by atoms with E-state index in [-0.39, 0.29) is 0 Å². The molecule has 0 fully saturated rings. The van der Waals surface area contributed by atoms with Crippen LogP contribution in [0.25, 0.3) is 6.08 Å². The number of aromatic nitrogens is 1. The molecule has 92 valence electrons. The molecular formula is C15H14ClNO. The van der Waals surface area contributed by atoms with Gasteiger partial charge >= 0.3 is 0 Å². The second-order valence-corrected chi connectivity index (χ2v) is 4.14. The van der Waals surface area contributed by atoms with Crippen molar-refractivity contribution in [3.05, 3.63) is 71.0 Å². The standard InChI is InChI=1S/C15H14ClNO/c16-15-14(9-4-10-17-15)12-18-11-5-8-13-6-2-1-3-7-13/h1-10H,11-12H2. The lowest BCUT2D eigenvalue weighted by molar-refractivity contribution is 0.149. The first-order chi connectivity index (χ1) is 8.86. The van der Waals surface area contributed by atoms with Gasteiger partial charge in [0.25, 0.3) is 0 Å². The lowest BCUT2D eigenvalue weighted by atomic mass is 10.2. The van der Waals surface area contributed by atoms with Gasteiger partial charge in [0.05, 0.1) is 13.2 Å². The van der Waals surface area contributed by atoms with E-state index in [9.17, 15) is 0 Å². The minimum atomic E-state index is 0.478. The number of nitrogens with zero attached hydrogens (tertiary/aromatic N) is 1. The van der Waals surface area contributed by atoms with Gasteiger partial charge in [-0.1, -0.05) is 60.2 Å². The molecule has 0 radical (unpaired) electrons. The molecule has 0 aliphatic heterocycles. The van der Waals surface area contributed by atoms with Crippen molar-refractivity contribution in [2.24, 2.45) is 0 Å². The highest BCUT2D eigenvalue weighted by Crippen LogP contribution is 2.12. The van der Waals surface area contributed by atoms with Crippen molar-refractivity contribution in [1.82, 2.24) is 4.98 Å². The lowest BCUT2D eigenvalue weighted by Crippen LogP contribution is -1.94. The van der Waals surface area contributed by atoms with E-state index in [0.29, 0.717) is 18.4 Å². The molecule has 1 aromatic heterocycles. The fraction of sp³-hybridized carbons (Fsp3) is 0.133. The van der Waals surface area contributed by atoms with Gasteiger partial charge in [-0.2, -0.15) is 0 Å². The second kappa shape index (κ2) is 6.94. The van der Waals surface area contributed by atoms with Crippen LogP contribution in [0.3, 0.4) is 0 Å². The highest BCUT2D eigenvalue weighted by molar-refractivity contribution is 6.30. The molecule has 0 aliphatic carbocycles. The largest absolute Gasteiger partial charge is 0.373 e. The maximum absolute atomic E-state index is 5.92. The first-order valence-electron chi connectivity index (χ1n) is 5.75. The zero-order valence-corrected chi connectivity index (χ0v) is 10.7. The van der Waals surface area contributed by atoms with E-state index >= 15 is 0 Å². The van der Waals surface area contributed by atoms with Crippen molar-refractivity contribution in [2.45, 2.75) is 6.61 Å². The third-order valence-electron chi connectivity index (χ3n) is 2.42. The highest BCUT2D eigenvalue weighted by Gasteiger charge is 1.98. The Bertz CT molecular complexity index is 511. The minimum absolute atomic E-state index is 0.478. The van der Waals surface area contributed by atoms with Gasteiger partial charge in [0.15, 0.2) is 0 Å². The number of ether oxygens (including phenoxy) is 1. The number of rotatable bonds is 5. The number of hydrogen-bond donors (Lipinski definition) is 0. The second-order valence-electron chi connectivity index (χ2n) is 3.78. The zero-order chi connectivity index (χ0) is 12.6. The summed E-state index contributed by atoms with van der Waals surface area (Å²) in [6.07, 6.45) is 5.69. The Morgan fingerprint density at radius 2 is 1.94 bits per heavy atom. The van der Waals surface area contributed by atoms with Crippen LogP contribution in [-0.2, 0) is 11.3 Å². The summed E-state index contributed by atoms with van der Waals surface area (Å²) in [7, 11) is 0. The molecule has 1 aromatic carbocycles. The molecule has 18 heavy (non-hydrogen) atoms. The van der Waals surface area contributed by atoms with E-state index in [0.717, 1.165) is 5.56 Å². The summed E-state index contributed by atoms with van der Waals surface area (Å²) in [6, 6.07) is 13.9. The summed E-state index contributed by atoms with van der Waals surface area (Å²) < 4.78 is 5.51. The molecule has 0 atom stereocenters. The Kier molecular flexibility index (Phi) is 4.94. The Labute approximate surface area is 112 Å². The van der Waals surface area contributed by atoms with Crippen molar-refractivity contribution in [3.63, 3.8) is 0 Å². The summed E-state index contributed by atoms with van der Waals surface area (Å²) >= 11 is 5.92. The third-order valence-corrected chi connectivity index (χ3v) is 2.76. The van der Waals surface area contributed by atoms with Crippen molar-refractivity contribution in [3.8, 4) is 0 Å². The molecule has 0 aliphatic rings. The van der Waals surface area contributed by atoms with Crippen molar-refractivity contribution >= 4 is 17.7 Å². The molecule has 1 heterocycles. The topological polar surface area (TPSA) is 22.1 Å². The highest BCUT2D eigenvalue weighted by atomic mass is 35.5. The quantitative estimate of drug-likeness (QED) is 0.599. The first-order valence-corrected chi connectivity index (χ1v) is 6.13. The van der Waals surface area contributed by atoms with Gasteiger partial charge in [0.2, 0.25) is 0 Å². The van der Waals surface area contributed by atoms with Crippen molar-refractivity contribution < 1.29 is 4.74 Å². The molecule has 0 unspecified atom stereocenters. The number of hydrogen-bond acceptors (Lipinski definition) is 2. The zero-order valence-electron chi connectivity index (χ0n) is 9.92. The number of pyridine rings is 1. The van der Waals surface area contributed by atoms with Crippen LogP contribution in [0.2, 0.25) is 5.15 Å². The maximum atomic E-state index is 5.92. The average Bonchev–Trinajstić information content (AvgIpc) is 2.42. The van der Waals surface area contributed by atoms with Crippen LogP contribution in [0.4, 0.5) is 0 Å². The normalized spacial score (nSPS) is 10.9. The summed E-state index contributed by atoms with van der Waals surface area (Å²) in [5.41, 5.74) is 2.08. The predicted octanol–water partition coefficient (Wildman–Crippen LogP) is 3.97. The van der Waals surface area contributed by atoms with Crippen LogP contribution in [0.1, 0.15) is 11.1 Å². The van der Waals surface area contributed by atoms with Crippen molar-refractivity contribution in [1.29, 1.82) is 0 Å². The monoisotopic (exact) mass is 259 g/mol. The van der Waals surface area contributed by atoms with Crippen LogP contribution < -0.4 is 0 Å². The van der Waals surface area contributed by atoms with E-state index in [1.54, 1.807) is 6.20 Å². The van der Waals surface area contributed by atoms with E-state index in [4.69, 9.17) is 16.3 Å². The molecule has 0 bridgehead atoms. The van der Waals surface area contributed by atoms with Gasteiger partial charge in [-0.25, -0.2) is 4.98 Å². The summed E-state index contributed by atoms with van der Waals surface area (Å²) in [5, 5.41) is 0.504. The Hall–Kier alpha value is -1.64. The first kappa shape index (κ1) is 12.8. The van der Waals surface area contributed by atoms with Crippen LogP contribution in [0.15, 0.2) is 54.7 Å². The molecular weight excluding hydrogens is 246 g/mol. The molecule has 2 aromatic rings. The van der Waals surface area contributed by atoms with Crippen LogP contribution in [-0.4, -0.2) is 11.6 Å². The van der Waals surface area contributed by atoms with E-state index in [1.165, 1.54) is 5.56 Å². The van der Waals surface area contributed by atoms with Gasteiger partial charge < -0.3 is 4.74 Å². The molecule has 0 saturated heterocycles. The molecule has 2 nitrogen and oxygen atoms in total. The number of benzene rings is 1. The summed E-state index contributed by atoms with van der Waals surface area (Å²) in [6.45, 7) is 1.03. The molecule has 0 N–H and O–H groups in total. The summed E-state index contributed by atoms with van der Waals surface area (Å²) in [4.78, 5) is 3.99. The van der Waals surface area contributed by atoms with Gasteiger partial charge in [-0.3, -0.25) is 0 Å². The number of halogens is 1. The Morgan fingerprint density at radius 3 is 2.72 bits per heavy atom. The summed E-state index contributed by atoms with van der Waals surface area (Å²) in [5.74, 6) is 0. The molecule has 0 amide bonds. The fourth-order valence-corrected chi connectivity index (χ4v) is 1.69. The average molecular weight is 260 g/mol. The van der Waals surface area contributed by atoms with Crippen LogP contribution in [0, 0.1) is 0 Å². The van der Waals surface area contributed by atoms with Gasteiger partial charge in [-0.15, -0.1) is 0 Å². The van der Waals surface area contributed by atoms with Crippen LogP contribution >= 0.6 is 11.6 Å². The minimum Gasteiger partial charge on any atom is -0.373 e. The lowest BCUT2D eigenvalue weighted by Gasteiger charge is -2.02. The molecule has 3 heteroatoms. The van der Waals surface area contributed by atoms with Gasteiger partial charge in [0, 0.05) is 11.8 Å². The van der Waals surface area contributed by atoms with Crippen LogP contribution in [0.5, 0.6) is 0 Å². The van der Waals surface area contributed by atoms with Gasteiger partial charge in [0.1, 0.15) is 5.15 Å². The maximum Gasteiger partial charge on any atom is 0.134 e.